The van der Waals surface area contributed by atoms with Crippen molar-refractivity contribution in [2.75, 3.05) is 11.1 Å². The number of hydrogen-bond donors (Lipinski definition) is 1. The van der Waals surface area contributed by atoms with Gasteiger partial charge in [-0.25, -0.2) is 0 Å². The quantitative estimate of drug-likeness (QED) is 0.519. The van der Waals surface area contributed by atoms with Crippen LogP contribution in [0.1, 0.15) is 0 Å². The first-order chi connectivity index (χ1) is 13.2. The van der Waals surface area contributed by atoms with E-state index in [4.69, 9.17) is 11.6 Å². The van der Waals surface area contributed by atoms with E-state index in [1.165, 1.54) is 11.8 Å². The number of fused-ring (bicyclic) bond motifs is 1. The van der Waals surface area contributed by atoms with E-state index in [0.29, 0.717) is 27.2 Å². The first-order valence-electron chi connectivity index (χ1n) is 8.00. The molecule has 3 aromatic heterocycles. The molecule has 1 amide bonds. The minimum atomic E-state index is -0.123. The van der Waals surface area contributed by atoms with Crippen molar-refractivity contribution in [2.24, 2.45) is 0 Å². The number of amides is 1. The molecule has 9 heteroatoms. The van der Waals surface area contributed by atoms with Crippen molar-refractivity contribution in [1.82, 2.24) is 24.8 Å². The fourth-order valence-corrected chi connectivity index (χ4v) is 3.18. The van der Waals surface area contributed by atoms with Crippen LogP contribution in [0.4, 0.5) is 5.69 Å². The molecule has 0 aliphatic carbocycles. The number of carbonyl (C=O) groups excluding carboxylic acids is 1. The van der Waals surface area contributed by atoms with Crippen LogP contribution in [0.15, 0.2) is 66.0 Å². The number of nitrogens with zero attached hydrogens (tertiary/aromatic N) is 5. The van der Waals surface area contributed by atoms with Crippen LogP contribution in [0, 0.1) is 0 Å². The summed E-state index contributed by atoms with van der Waals surface area (Å²) in [5.74, 6) is 0.733. The number of pyridine rings is 1. The first-order valence-corrected chi connectivity index (χ1v) is 9.36. The molecular weight excluding hydrogens is 384 g/mol. The lowest BCUT2D eigenvalue weighted by atomic mass is 10.2. The maximum Gasteiger partial charge on any atom is 0.234 e. The molecule has 0 aliphatic heterocycles. The molecule has 1 aromatic carbocycles. The number of thioether (sulfide) groups is 1. The second-order valence-electron chi connectivity index (χ2n) is 5.54. The third-order valence-electron chi connectivity index (χ3n) is 3.66. The Balaban J connectivity index is 1.47. The highest BCUT2D eigenvalue weighted by atomic mass is 35.5. The zero-order chi connectivity index (χ0) is 18.6. The summed E-state index contributed by atoms with van der Waals surface area (Å²) in [4.78, 5) is 16.1. The van der Waals surface area contributed by atoms with Crippen LogP contribution in [0.2, 0.25) is 5.02 Å². The first kappa shape index (κ1) is 17.4. The Morgan fingerprint density at radius 1 is 1.04 bits per heavy atom. The van der Waals surface area contributed by atoms with E-state index in [0.717, 1.165) is 5.56 Å². The van der Waals surface area contributed by atoms with Crippen molar-refractivity contribution in [3.63, 3.8) is 0 Å². The third-order valence-corrected chi connectivity index (χ3v) is 4.83. The highest BCUT2D eigenvalue weighted by Gasteiger charge is 2.11. The summed E-state index contributed by atoms with van der Waals surface area (Å²) in [7, 11) is 0. The lowest BCUT2D eigenvalue weighted by Crippen LogP contribution is -2.14. The Hall–Kier alpha value is -2.97. The lowest BCUT2D eigenvalue weighted by molar-refractivity contribution is -0.113. The maximum absolute atomic E-state index is 12.1. The number of halogens is 1. The number of rotatable bonds is 5. The minimum Gasteiger partial charge on any atom is -0.325 e. The average Bonchev–Trinajstić information content (AvgIpc) is 3.12. The Kier molecular flexibility index (Phi) is 4.99. The van der Waals surface area contributed by atoms with E-state index in [1.54, 1.807) is 41.2 Å². The van der Waals surface area contributed by atoms with Gasteiger partial charge in [-0.15, -0.1) is 10.2 Å². The second kappa shape index (κ2) is 7.73. The Morgan fingerprint density at radius 2 is 1.81 bits per heavy atom. The maximum atomic E-state index is 12.1. The summed E-state index contributed by atoms with van der Waals surface area (Å²) in [6.45, 7) is 0. The molecule has 1 N–H and O–H groups in total. The van der Waals surface area contributed by atoms with Gasteiger partial charge in [-0.1, -0.05) is 23.4 Å². The van der Waals surface area contributed by atoms with E-state index >= 15 is 0 Å². The largest absolute Gasteiger partial charge is 0.325 e. The predicted octanol–water partition coefficient (Wildman–Crippen LogP) is 3.57. The number of hydrogen-bond acceptors (Lipinski definition) is 6. The topological polar surface area (TPSA) is 85.1 Å². The molecule has 4 rings (SSSR count). The molecule has 3 heterocycles. The molecule has 0 spiro atoms. The van der Waals surface area contributed by atoms with Crippen molar-refractivity contribution >= 4 is 40.6 Å². The lowest BCUT2D eigenvalue weighted by Gasteiger charge is -2.05. The molecule has 7 nitrogen and oxygen atoms in total. The summed E-state index contributed by atoms with van der Waals surface area (Å²) in [5, 5.41) is 17.0. The summed E-state index contributed by atoms with van der Waals surface area (Å²) in [5.41, 5.74) is 2.21. The van der Waals surface area contributed by atoms with Gasteiger partial charge in [-0.05, 0) is 48.5 Å². The van der Waals surface area contributed by atoms with E-state index in [-0.39, 0.29) is 11.7 Å². The van der Waals surface area contributed by atoms with Gasteiger partial charge in [0.2, 0.25) is 5.91 Å². The molecule has 0 bridgehead atoms. The summed E-state index contributed by atoms with van der Waals surface area (Å²) in [6, 6.07) is 14.3. The third kappa shape index (κ3) is 4.07. The number of carbonyl (C=O) groups is 1. The van der Waals surface area contributed by atoms with Gasteiger partial charge >= 0.3 is 0 Å². The van der Waals surface area contributed by atoms with Crippen LogP contribution in [-0.2, 0) is 4.79 Å². The van der Waals surface area contributed by atoms with Crippen molar-refractivity contribution in [3.8, 4) is 11.4 Å². The fraction of sp³-hybridized carbons (Fsp3) is 0.0556. The Labute approximate surface area is 163 Å². The Morgan fingerprint density at radius 3 is 2.59 bits per heavy atom. The van der Waals surface area contributed by atoms with Gasteiger partial charge in [0.25, 0.3) is 0 Å². The number of anilines is 1. The number of nitrogens with one attached hydrogen (secondary N) is 1. The molecule has 27 heavy (non-hydrogen) atoms. The van der Waals surface area contributed by atoms with Gasteiger partial charge < -0.3 is 5.32 Å². The van der Waals surface area contributed by atoms with Gasteiger partial charge in [0.15, 0.2) is 11.5 Å². The standard InChI is InChI=1S/C18H13ClN6OS/c19-13-1-3-14(4-2-13)21-16(26)11-27-17-6-5-15-22-23-18(25(15)24-17)12-7-9-20-10-8-12/h1-10H,11H2,(H,21,26). The highest BCUT2D eigenvalue weighted by molar-refractivity contribution is 7.99. The highest BCUT2D eigenvalue weighted by Crippen LogP contribution is 2.20. The summed E-state index contributed by atoms with van der Waals surface area (Å²) < 4.78 is 1.66. The number of benzene rings is 1. The van der Waals surface area contributed by atoms with E-state index in [9.17, 15) is 4.79 Å². The molecule has 0 atom stereocenters. The normalized spacial score (nSPS) is 10.9. The van der Waals surface area contributed by atoms with Crippen LogP contribution in [0.3, 0.4) is 0 Å². The molecule has 0 aliphatic rings. The van der Waals surface area contributed by atoms with Crippen molar-refractivity contribution < 1.29 is 4.79 Å². The van der Waals surface area contributed by atoms with Gasteiger partial charge in [0.1, 0.15) is 5.03 Å². The van der Waals surface area contributed by atoms with Crippen LogP contribution >= 0.6 is 23.4 Å². The van der Waals surface area contributed by atoms with Gasteiger partial charge in [0.05, 0.1) is 5.75 Å². The molecule has 0 unspecified atom stereocenters. The summed E-state index contributed by atoms with van der Waals surface area (Å²) in [6.07, 6.45) is 3.38. The van der Waals surface area contributed by atoms with Crippen LogP contribution < -0.4 is 5.32 Å². The molecule has 134 valence electrons. The van der Waals surface area contributed by atoms with Crippen LogP contribution in [-0.4, -0.2) is 36.5 Å². The predicted molar refractivity (Wildman–Crippen MR) is 105 cm³/mol. The molecule has 4 aromatic rings. The second-order valence-corrected chi connectivity index (χ2v) is 6.98. The van der Waals surface area contributed by atoms with Crippen molar-refractivity contribution in [3.05, 3.63) is 65.9 Å². The summed E-state index contributed by atoms with van der Waals surface area (Å²) >= 11 is 7.18. The monoisotopic (exact) mass is 396 g/mol. The van der Waals surface area contributed by atoms with Crippen molar-refractivity contribution in [2.45, 2.75) is 5.03 Å². The van der Waals surface area contributed by atoms with Crippen LogP contribution in [0.5, 0.6) is 0 Å². The van der Waals surface area contributed by atoms with E-state index < -0.39 is 0 Å². The van der Waals surface area contributed by atoms with Crippen LogP contribution in [0.25, 0.3) is 17.0 Å². The Bertz CT molecular complexity index is 1080. The van der Waals surface area contributed by atoms with Crippen molar-refractivity contribution in [1.29, 1.82) is 0 Å². The van der Waals surface area contributed by atoms with Gasteiger partial charge in [-0.2, -0.15) is 9.61 Å². The zero-order valence-corrected chi connectivity index (χ0v) is 15.5. The zero-order valence-electron chi connectivity index (χ0n) is 13.9. The molecule has 0 fully saturated rings. The SMILES string of the molecule is O=C(CSc1ccc2nnc(-c3ccncc3)n2n1)Nc1ccc(Cl)cc1. The molecule has 0 saturated carbocycles. The smallest absolute Gasteiger partial charge is 0.234 e. The molecule has 0 radical (unpaired) electrons. The number of aromatic nitrogens is 5. The fourth-order valence-electron chi connectivity index (χ4n) is 2.40. The minimum absolute atomic E-state index is 0.123. The van der Waals surface area contributed by atoms with E-state index in [1.807, 2.05) is 24.3 Å². The molecule has 0 saturated heterocycles. The van der Waals surface area contributed by atoms with E-state index in [2.05, 4.69) is 25.6 Å². The molecular formula is C18H13ClN6OS. The van der Waals surface area contributed by atoms with Gasteiger partial charge in [0, 0.05) is 28.7 Å². The van der Waals surface area contributed by atoms with Gasteiger partial charge in [-0.3, -0.25) is 9.78 Å². The average molecular weight is 397 g/mol.